The summed E-state index contributed by atoms with van der Waals surface area (Å²) in [5.41, 5.74) is 6.56. The van der Waals surface area contributed by atoms with Crippen LogP contribution in [0.5, 0.6) is 0 Å². The van der Waals surface area contributed by atoms with Crippen LogP contribution in [0.15, 0.2) is 24.3 Å². The number of hydrogen-bond acceptors (Lipinski definition) is 3. The fourth-order valence-corrected chi connectivity index (χ4v) is 2.06. The van der Waals surface area contributed by atoms with Crippen molar-refractivity contribution in [2.45, 2.75) is 32.6 Å². The van der Waals surface area contributed by atoms with E-state index in [-0.39, 0.29) is 11.9 Å². The number of para-hydroxylation sites is 2. The number of fused-ring (bicyclic) bond motifs is 1. The molecule has 0 radical (unpaired) electrons. The summed E-state index contributed by atoms with van der Waals surface area (Å²) in [4.78, 5) is 27.6. The van der Waals surface area contributed by atoms with Crippen LogP contribution in [0.4, 0.5) is 10.7 Å². The zero-order valence-corrected chi connectivity index (χ0v) is 11.4. The highest BCUT2D eigenvalue weighted by molar-refractivity contribution is 5.97. The zero-order valence-electron chi connectivity index (χ0n) is 11.4. The Hall–Kier alpha value is -2.37. The van der Waals surface area contributed by atoms with E-state index in [4.69, 9.17) is 5.73 Å². The number of aromatic nitrogens is 2. The van der Waals surface area contributed by atoms with E-state index in [2.05, 4.69) is 17.2 Å². The number of carbonyl (C=O) groups is 2. The second kappa shape index (κ2) is 6.18. The smallest absolute Gasteiger partial charge is 0.326 e. The monoisotopic (exact) mass is 274 g/mol. The van der Waals surface area contributed by atoms with Crippen LogP contribution in [0.2, 0.25) is 0 Å². The number of benzene rings is 1. The van der Waals surface area contributed by atoms with Gasteiger partial charge in [0.1, 0.15) is 0 Å². The first-order valence-electron chi connectivity index (χ1n) is 6.70. The Morgan fingerprint density at radius 3 is 2.75 bits per heavy atom. The van der Waals surface area contributed by atoms with Crippen LogP contribution in [0.1, 0.15) is 32.6 Å². The summed E-state index contributed by atoms with van der Waals surface area (Å²) in [6.45, 7) is 2.07. The molecular formula is C14H18N4O2. The molecule has 0 unspecified atom stereocenters. The van der Waals surface area contributed by atoms with Crippen LogP contribution < -0.4 is 11.1 Å². The molecule has 2 rings (SSSR count). The van der Waals surface area contributed by atoms with Crippen LogP contribution in [-0.4, -0.2) is 21.5 Å². The third-order valence-corrected chi connectivity index (χ3v) is 3.04. The second-order valence-corrected chi connectivity index (χ2v) is 4.60. The van der Waals surface area contributed by atoms with E-state index >= 15 is 0 Å². The first-order valence-corrected chi connectivity index (χ1v) is 6.70. The molecule has 106 valence electrons. The van der Waals surface area contributed by atoms with Gasteiger partial charge in [0.2, 0.25) is 11.9 Å². The third-order valence-electron chi connectivity index (χ3n) is 3.04. The molecule has 3 N–H and O–H groups in total. The van der Waals surface area contributed by atoms with Crippen molar-refractivity contribution in [2.24, 2.45) is 5.73 Å². The topological polar surface area (TPSA) is 90.0 Å². The number of carbonyl (C=O) groups excluding carboxylic acids is 2. The van der Waals surface area contributed by atoms with E-state index in [0.717, 1.165) is 19.3 Å². The summed E-state index contributed by atoms with van der Waals surface area (Å²) in [5, 5.41) is 2.65. The second-order valence-electron chi connectivity index (χ2n) is 4.60. The van der Waals surface area contributed by atoms with Crippen LogP contribution >= 0.6 is 0 Å². The zero-order chi connectivity index (χ0) is 14.5. The molecule has 2 aromatic rings. The van der Waals surface area contributed by atoms with E-state index in [0.29, 0.717) is 17.5 Å². The van der Waals surface area contributed by atoms with E-state index in [1.165, 1.54) is 4.57 Å². The van der Waals surface area contributed by atoms with Crippen LogP contribution in [0, 0.1) is 0 Å². The van der Waals surface area contributed by atoms with Crippen molar-refractivity contribution in [3.8, 4) is 0 Å². The number of nitrogens with two attached hydrogens (primary N) is 1. The molecule has 0 saturated heterocycles. The average Bonchev–Trinajstić information content (AvgIpc) is 2.76. The Morgan fingerprint density at radius 1 is 1.30 bits per heavy atom. The van der Waals surface area contributed by atoms with Crippen molar-refractivity contribution >= 4 is 28.9 Å². The summed E-state index contributed by atoms with van der Waals surface area (Å²) in [7, 11) is 0. The molecule has 6 nitrogen and oxygen atoms in total. The molecule has 0 spiro atoms. The summed E-state index contributed by atoms with van der Waals surface area (Å²) < 4.78 is 1.22. The minimum Gasteiger partial charge on any atom is -0.351 e. The molecule has 2 amide bonds. The highest BCUT2D eigenvalue weighted by Crippen LogP contribution is 2.19. The Morgan fingerprint density at radius 2 is 2.05 bits per heavy atom. The number of primary amides is 1. The summed E-state index contributed by atoms with van der Waals surface area (Å²) >= 11 is 0. The summed E-state index contributed by atoms with van der Waals surface area (Å²) in [5.74, 6) is 0.0245. The molecule has 20 heavy (non-hydrogen) atoms. The fourth-order valence-electron chi connectivity index (χ4n) is 2.06. The van der Waals surface area contributed by atoms with Gasteiger partial charge in [-0.1, -0.05) is 31.9 Å². The summed E-state index contributed by atoms with van der Waals surface area (Å²) in [6.07, 6.45) is 3.28. The molecule has 6 heteroatoms. The van der Waals surface area contributed by atoms with Gasteiger partial charge in [-0.05, 0) is 18.6 Å². The van der Waals surface area contributed by atoms with Crippen LogP contribution in [0.3, 0.4) is 0 Å². The number of unbranched alkanes of at least 4 members (excludes halogenated alkanes) is 2. The number of anilines is 1. The van der Waals surface area contributed by atoms with Gasteiger partial charge in [-0.2, -0.15) is 0 Å². The lowest BCUT2D eigenvalue weighted by molar-refractivity contribution is -0.116. The SMILES string of the molecule is CCCCCC(=O)Nc1nc2ccccc2n1C(N)=O. The van der Waals surface area contributed by atoms with Gasteiger partial charge in [0.05, 0.1) is 11.0 Å². The maximum Gasteiger partial charge on any atom is 0.326 e. The van der Waals surface area contributed by atoms with E-state index in [1.54, 1.807) is 18.2 Å². The van der Waals surface area contributed by atoms with Crippen molar-refractivity contribution in [3.05, 3.63) is 24.3 Å². The van der Waals surface area contributed by atoms with E-state index in [1.807, 2.05) is 6.07 Å². The fraction of sp³-hybridized carbons (Fsp3) is 0.357. The van der Waals surface area contributed by atoms with Gasteiger partial charge in [-0.3, -0.25) is 10.1 Å². The number of imidazole rings is 1. The first-order chi connectivity index (χ1) is 9.63. The Balaban J connectivity index is 2.23. The van der Waals surface area contributed by atoms with Crippen molar-refractivity contribution < 1.29 is 9.59 Å². The van der Waals surface area contributed by atoms with Crippen molar-refractivity contribution in [1.29, 1.82) is 0 Å². The molecule has 0 saturated carbocycles. The minimum atomic E-state index is -0.664. The molecule has 1 aromatic carbocycles. The molecular weight excluding hydrogens is 256 g/mol. The summed E-state index contributed by atoms with van der Waals surface area (Å²) in [6, 6.07) is 6.44. The van der Waals surface area contributed by atoms with Crippen molar-refractivity contribution in [1.82, 2.24) is 9.55 Å². The predicted molar refractivity (Wildman–Crippen MR) is 77.5 cm³/mol. The molecule has 1 heterocycles. The first kappa shape index (κ1) is 14.0. The Kier molecular flexibility index (Phi) is 4.34. The van der Waals surface area contributed by atoms with Gasteiger partial charge >= 0.3 is 6.03 Å². The van der Waals surface area contributed by atoms with Gasteiger partial charge in [0.15, 0.2) is 0 Å². The number of hydrogen-bond donors (Lipinski definition) is 2. The predicted octanol–water partition coefficient (Wildman–Crippen LogP) is 2.48. The quantitative estimate of drug-likeness (QED) is 0.821. The third kappa shape index (κ3) is 2.96. The van der Waals surface area contributed by atoms with Gasteiger partial charge in [0.25, 0.3) is 0 Å². The Bertz CT molecular complexity index is 633. The van der Waals surface area contributed by atoms with E-state index in [9.17, 15) is 9.59 Å². The van der Waals surface area contributed by atoms with E-state index < -0.39 is 6.03 Å². The standard InChI is InChI=1S/C14H18N4O2/c1-2-3-4-9-12(19)17-14-16-10-7-5-6-8-11(10)18(14)13(15)20/h5-8H,2-4,9H2,1H3,(H2,15,20)(H,16,17,19). The number of amides is 2. The maximum atomic E-state index is 11.8. The lowest BCUT2D eigenvalue weighted by atomic mass is 10.2. The molecule has 0 atom stereocenters. The van der Waals surface area contributed by atoms with Gasteiger partial charge < -0.3 is 5.73 Å². The van der Waals surface area contributed by atoms with Crippen molar-refractivity contribution in [3.63, 3.8) is 0 Å². The Labute approximate surface area is 117 Å². The largest absolute Gasteiger partial charge is 0.351 e. The molecule has 0 fully saturated rings. The number of nitrogens with zero attached hydrogens (tertiary/aromatic N) is 2. The molecule has 0 aliphatic rings. The minimum absolute atomic E-state index is 0.156. The highest BCUT2D eigenvalue weighted by Gasteiger charge is 2.15. The van der Waals surface area contributed by atoms with Gasteiger partial charge in [-0.15, -0.1) is 0 Å². The number of nitrogens with one attached hydrogen (secondary N) is 1. The molecule has 1 aromatic heterocycles. The number of rotatable bonds is 5. The normalized spacial score (nSPS) is 10.7. The van der Waals surface area contributed by atoms with Crippen LogP contribution in [0.25, 0.3) is 11.0 Å². The lowest BCUT2D eigenvalue weighted by Gasteiger charge is -2.06. The molecule has 0 bridgehead atoms. The van der Waals surface area contributed by atoms with Gasteiger partial charge in [-0.25, -0.2) is 14.3 Å². The van der Waals surface area contributed by atoms with Crippen molar-refractivity contribution in [2.75, 3.05) is 5.32 Å². The highest BCUT2D eigenvalue weighted by atomic mass is 16.2. The molecule has 0 aliphatic carbocycles. The maximum absolute atomic E-state index is 11.8. The van der Waals surface area contributed by atoms with Crippen LogP contribution in [-0.2, 0) is 4.79 Å². The average molecular weight is 274 g/mol. The lowest BCUT2D eigenvalue weighted by Crippen LogP contribution is -2.24. The molecule has 0 aliphatic heterocycles. The van der Waals surface area contributed by atoms with Gasteiger partial charge in [0, 0.05) is 6.42 Å².